The minimum Gasteiger partial charge on any atom is -0.445 e. The van der Waals surface area contributed by atoms with E-state index in [9.17, 15) is 19.2 Å². The molecule has 1 aliphatic heterocycles. The molecule has 0 saturated carbocycles. The van der Waals surface area contributed by atoms with Gasteiger partial charge in [0, 0.05) is 13.1 Å². The van der Waals surface area contributed by atoms with Gasteiger partial charge in [0.05, 0.1) is 29.4 Å². The van der Waals surface area contributed by atoms with Crippen molar-refractivity contribution in [3.63, 3.8) is 0 Å². The number of unbranched alkanes of at least 4 members (excludes halogenated alkanes) is 1. The molecular formula is C31H38N4O7S. The van der Waals surface area contributed by atoms with Gasteiger partial charge in [-0.05, 0) is 57.7 Å². The van der Waals surface area contributed by atoms with Gasteiger partial charge in [-0.3, -0.25) is 9.59 Å². The predicted octanol–water partition coefficient (Wildman–Crippen LogP) is 4.70. The van der Waals surface area contributed by atoms with Crippen LogP contribution in [0.5, 0.6) is 0 Å². The van der Waals surface area contributed by atoms with Gasteiger partial charge in [0.15, 0.2) is 11.1 Å². The minimum absolute atomic E-state index is 0.0117. The normalized spacial score (nSPS) is 15.9. The Balaban J connectivity index is 1.33. The molecule has 2 atom stereocenters. The predicted molar refractivity (Wildman–Crippen MR) is 162 cm³/mol. The molecule has 2 heterocycles. The number of alkyl carbamates (subject to hydrolysis) is 1. The maximum absolute atomic E-state index is 13.6. The zero-order chi connectivity index (χ0) is 30.8. The molecular weight excluding hydrogens is 572 g/mol. The Morgan fingerprint density at radius 3 is 2.56 bits per heavy atom. The molecule has 43 heavy (non-hydrogen) atoms. The SMILES string of the molecule is CC(C)(C)OC(=O)N1CCOC(C(=O)N[C@@H](CCCCNC(=O)OCc2ccccc2)C(=O)c2nc3ccccc3s2)C1. The molecule has 3 amide bonds. The average molecular weight is 611 g/mol. The van der Waals surface area contributed by atoms with Crippen molar-refractivity contribution in [3.8, 4) is 0 Å². The molecule has 12 heteroatoms. The second-order valence-corrected chi connectivity index (χ2v) is 12.2. The molecule has 0 spiro atoms. The Hall–Kier alpha value is -4.03. The quantitative estimate of drug-likeness (QED) is 0.236. The van der Waals surface area contributed by atoms with Crippen LogP contribution < -0.4 is 10.6 Å². The molecule has 1 aromatic heterocycles. The van der Waals surface area contributed by atoms with Crippen LogP contribution in [0.25, 0.3) is 10.2 Å². The van der Waals surface area contributed by atoms with E-state index < -0.39 is 35.8 Å². The highest BCUT2D eigenvalue weighted by Gasteiger charge is 2.34. The number of carbonyl (C=O) groups is 4. The summed E-state index contributed by atoms with van der Waals surface area (Å²) in [5.74, 6) is -0.792. The fraction of sp³-hybridized carbons (Fsp3) is 0.452. The summed E-state index contributed by atoms with van der Waals surface area (Å²) in [5, 5.41) is 5.85. The van der Waals surface area contributed by atoms with Gasteiger partial charge < -0.3 is 29.7 Å². The van der Waals surface area contributed by atoms with E-state index in [1.54, 1.807) is 20.8 Å². The lowest BCUT2D eigenvalue weighted by molar-refractivity contribution is -0.138. The van der Waals surface area contributed by atoms with E-state index in [-0.39, 0.29) is 25.5 Å². The molecule has 0 radical (unpaired) electrons. The number of amides is 3. The molecule has 11 nitrogen and oxygen atoms in total. The van der Waals surface area contributed by atoms with E-state index in [0.717, 1.165) is 10.3 Å². The molecule has 1 saturated heterocycles. The van der Waals surface area contributed by atoms with E-state index >= 15 is 0 Å². The summed E-state index contributed by atoms with van der Waals surface area (Å²) in [5.41, 5.74) is 0.929. The van der Waals surface area contributed by atoms with Crippen LogP contribution in [0.1, 0.15) is 55.4 Å². The number of thiazole rings is 1. The third kappa shape index (κ3) is 9.75. The Labute approximate surface area is 254 Å². The first-order valence-corrected chi connectivity index (χ1v) is 15.1. The number of ether oxygens (including phenoxy) is 3. The lowest BCUT2D eigenvalue weighted by Crippen LogP contribution is -2.54. The molecule has 1 unspecified atom stereocenters. The van der Waals surface area contributed by atoms with Crippen LogP contribution in [-0.4, -0.2) is 77.7 Å². The first-order valence-electron chi connectivity index (χ1n) is 14.3. The second kappa shape index (κ2) is 14.9. The van der Waals surface area contributed by atoms with Gasteiger partial charge in [-0.1, -0.05) is 42.5 Å². The Bertz CT molecular complexity index is 1370. The zero-order valence-electron chi connectivity index (χ0n) is 24.7. The van der Waals surface area contributed by atoms with Crippen LogP contribution in [0.4, 0.5) is 9.59 Å². The molecule has 230 valence electrons. The van der Waals surface area contributed by atoms with Crippen molar-refractivity contribution >= 4 is 45.4 Å². The van der Waals surface area contributed by atoms with Crippen molar-refractivity contribution < 1.29 is 33.4 Å². The first kappa shape index (κ1) is 31.9. The maximum atomic E-state index is 13.6. The highest BCUT2D eigenvalue weighted by atomic mass is 32.1. The van der Waals surface area contributed by atoms with Crippen molar-refractivity contribution in [1.82, 2.24) is 20.5 Å². The lowest BCUT2D eigenvalue weighted by Gasteiger charge is -2.34. The second-order valence-electron chi connectivity index (χ2n) is 11.2. The summed E-state index contributed by atoms with van der Waals surface area (Å²) in [6.45, 7) is 6.32. The van der Waals surface area contributed by atoms with Crippen LogP contribution in [0.3, 0.4) is 0 Å². The van der Waals surface area contributed by atoms with Crippen molar-refractivity contribution in [2.45, 2.75) is 64.4 Å². The topological polar surface area (TPSA) is 136 Å². The van der Waals surface area contributed by atoms with Gasteiger partial charge >= 0.3 is 12.2 Å². The van der Waals surface area contributed by atoms with Gasteiger partial charge in [-0.25, -0.2) is 14.6 Å². The fourth-order valence-corrected chi connectivity index (χ4v) is 5.36. The molecule has 1 fully saturated rings. The van der Waals surface area contributed by atoms with Gasteiger partial charge in [0.1, 0.15) is 12.2 Å². The van der Waals surface area contributed by atoms with Crippen LogP contribution in [0.15, 0.2) is 54.6 Å². The number of hydrogen-bond acceptors (Lipinski definition) is 9. The number of rotatable bonds is 11. The number of nitrogens with one attached hydrogen (secondary N) is 2. The molecule has 1 aliphatic rings. The number of Topliss-reactive ketones (excluding diaryl/α,β-unsaturated/α-hetero) is 1. The molecule has 2 N–H and O–H groups in total. The van der Waals surface area contributed by atoms with Gasteiger partial charge in [-0.15, -0.1) is 11.3 Å². The number of hydrogen-bond donors (Lipinski definition) is 2. The summed E-state index contributed by atoms with van der Waals surface area (Å²) in [7, 11) is 0. The van der Waals surface area contributed by atoms with E-state index in [1.165, 1.54) is 16.2 Å². The number of aromatic nitrogens is 1. The maximum Gasteiger partial charge on any atom is 0.410 e. The smallest absolute Gasteiger partial charge is 0.410 e. The number of nitrogens with zero attached hydrogens (tertiary/aromatic N) is 2. The summed E-state index contributed by atoms with van der Waals surface area (Å²) >= 11 is 1.27. The first-order chi connectivity index (χ1) is 20.6. The summed E-state index contributed by atoms with van der Waals surface area (Å²) < 4.78 is 17.2. The number of fused-ring (bicyclic) bond motifs is 1. The van der Waals surface area contributed by atoms with E-state index in [4.69, 9.17) is 14.2 Å². The Morgan fingerprint density at radius 1 is 1.07 bits per heavy atom. The Kier molecular flexibility index (Phi) is 11.1. The third-order valence-electron chi connectivity index (χ3n) is 6.55. The number of benzene rings is 2. The summed E-state index contributed by atoms with van der Waals surface area (Å²) in [4.78, 5) is 57.4. The number of morpholine rings is 1. The van der Waals surface area contributed by atoms with Crippen LogP contribution in [-0.2, 0) is 25.6 Å². The van der Waals surface area contributed by atoms with E-state index in [2.05, 4.69) is 15.6 Å². The molecule has 4 rings (SSSR count). The van der Waals surface area contributed by atoms with Crippen molar-refractivity contribution in [2.24, 2.45) is 0 Å². The fourth-order valence-electron chi connectivity index (χ4n) is 4.40. The Morgan fingerprint density at radius 2 is 1.81 bits per heavy atom. The van der Waals surface area contributed by atoms with Crippen LogP contribution >= 0.6 is 11.3 Å². The highest BCUT2D eigenvalue weighted by molar-refractivity contribution is 7.20. The number of carbonyl (C=O) groups excluding carboxylic acids is 4. The lowest BCUT2D eigenvalue weighted by atomic mass is 10.0. The summed E-state index contributed by atoms with van der Waals surface area (Å²) in [6, 6.07) is 16.0. The third-order valence-corrected chi connectivity index (χ3v) is 7.60. The minimum atomic E-state index is -0.951. The van der Waals surface area contributed by atoms with E-state index in [1.807, 2.05) is 54.6 Å². The van der Waals surface area contributed by atoms with Crippen molar-refractivity contribution in [1.29, 1.82) is 0 Å². The largest absolute Gasteiger partial charge is 0.445 e. The van der Waals surface area contributed by atoms with Crippen LogP contribution in [0, 0.1) is 0 Å². The van der Waals surface area contributed by atoms with Crippen molar-refractivity contribution in [2.75, 3.05) is 26.2 Å². The molecule has 0 aliphatic carbocycles. The van der Waals surface area contributed by atoms with Gasteiger partial charge in [-0.2, -0.15) is 0 Å². The number of para-hydroxylation sites is 1. The molecule has 2 aromatic carbocycles. The van der Waals surface area contributed by atoms with Gasteiger partial charge in [0.2, 0.25) is 5.78 Å². The highest BCUT2D eigenvalue weighted by Crippen LogP contribution is 2.24. The molecule has 3 aromatic rings. The monoisotopic (exact) mass is 610 g/mol. The average Bonchev–Trinajstić information content (AvgIpc) is 3.43. The summed E-state index contributed by atoms with van der Waals surface area (Å²) in [6.07, 6.45) is -0.576. The van der Waals surface area contributed by atoms with Crippen LogP contribution in [0.2, 0.25) is 0 Å². The van der Waals surface area contributed by atoms with Gasteiger partial charge in [0.25, 0.3) is 5.91 Å². The van der Waals surface area contributed by atoms with E-state index in [0.29, 0.717) is 42.9 Å². The van der Waals surface area contributed by atoms with Crippen molar-refractivity contribution in [3.05, 3.63) is 65.2 Å². The molecule has 0 bridgehead atoms. The zero-order valence-corrected chi connectivity index (χ0v) is 25.5. The standard InChI is InChI=1S/C31H38N4O7S/c1-31(2,3)42-30(39)35-17-18-40-24(19-35)27(37)33-23(26(36)28-34-22-13-7-8-15-25(22)43-28)14-9-10-16-32-29(38)41-20-21-11-5-4-6-12-21/h4-8,11-13,15,23-24H,9-10,14,16-20H2,1-3H3,(H,32,38)(H,33,37)/t23-,24?/m0/s1. The number of ketones is 1.